The van der Waals surface area contributed by atoms with Crippen LogP contribution in [0.4, 0.5) is 0 Å². The summed E-state index contributed by atoms with van der Waals surface area (Å²) in [6, 6.07) is 0. The van der Waals surface area contributed by atoms with E-state index in [0.717, 1.165) is 0 Å². The van der Waals surface area contributed by atoms with Gasteiger partial charge in [-0.15, -0.1) is 0 Å². The predicted molar refractivity (Wildman–Crippen MR) is 9.94 cm³/mol. The van der Waals surface area contributed by atoms with Gasteiger partial charge in [-0.05, 0) is 0 Å². The van der Waals surface area contributed by atoms with Gasteiger partial charge in [0.1, 0.15) is 0 Å². The molecule has 5 heteroatoms. The van der Waals surface area contributed by atoms with E-state index >= 15 is 0 Å². The number of hydrogen-bond donors (Lipinski definition) is 0. The molecule has 0 bridgehead atoms. The van der Waals surface area contributed by atoms with Crippen molar-refractivity contribution in [2.45, 2.75) is 0 Å². The number of hydrogen-bond acceptors (Lipinski definition) is 0. The average Bonchev–Trinajstić information content (AvgIpc) is 1.00. The first kappa shape index (κ1) is 23.8. The molecule has 0 saturated carbocycles. The molecule has 0 aromatic heterocycles. The van der Waals surface area contributed by atoms with E-state index in [1.54, 1.807) is 21.3 Å². The molecule has 0 fully saturated rings. The van der Waals surface area contributed by atoms with Crippen LogP contribution in [0.3, 0.4) is 0 Å². The zero-order valence-electron chi connectivity index (χ0n) is 1.76. The van der Waals surface area contributed by atoms with Gasteiger partial charge in [-0.2, -0.15) is 0 Å². The third-order valence-corrected chi connectivity index (χ3v) is 0. The maximum absolute atomic E-state index is 2.04. The van der Waals surface area contributed by atoms with Crippen LogP contribution in [0, 0.1) is 0 Å². The minimum absolute atomic E-state index is 0. The molecule has 0 amide bonds. The van der Waals surface area contributed by atoms with Crippen molar-refractivity contribution in [3.63, 3.8) is 0 Å². The van der Waals surface area contributed by atoms with Crippen molar-refractivity contribution in [1.29, 1.82) is 0 Å². The molecule has 27 valence electrons. The summed E-state index contributed by atoms with van der Waals surface area (Å²) in [7, 11) is 0. The van der Waals surface area contributed by atoms with Crippen LogP contribution in [0.5, 0.6) is 0 Å². The number of rotatable bonds is 0. The Morgan fingerprint density at radius 2 is 1.20 bits per heavy atom. The van der Waals surface area contributed by atoms with Crippen molar-refractivity contribution in [3.8, 4) is 0 Å². The van der Waals surface area contributed by atoms with E-state index in [9.17, 15) is 0 Å². The van der Waals surface area contributed by atoms with Crippen LogP contribution in [0.15, 0.2) is 0 Å². The normalized spacial score (nSPS) is 0.600. The summed E-state index contributed by atoms with van der Waals surface area (Å²) in [6.07, 6.45) is 0. The Bertz CT molecular complexity index is 11.6. The van der Waals surface area contributed by atoms with Gasteiger partial charge in [0.05, 0.1) is 0 Å². The van der Waals surface area contributed by atoms with Crippen molar-refractivity contribution in [1.82, 2.24) is 0 Å². The first-order chi connectivity index (χ1) is 1.00. The van der Waals surface area contributed by atoms with Crippen LogP contribution in [-0.4, -0.2) is 17.4 Å². The summed E-state index contributed by atoms with van der Waals surface area (Å²) < 4.78 is 0. The minimum atomic E-state index is 0. The molecule has 0 rings (SSSR count). The fourth-order valence-electron chi connectivity index (χ4n) is 0. The topological polar surface area (TPSA) is 0 Å². The molecule has 0 unspecified atom stereocenters. The molecule has 0 heterocycles. The van der Waals surface area contributed by atoms with Gasteiger partial charge in [0, 0.05) is 39.7 Å². The molecule has 0 atom stereocenters. The fraction of sp³-hybridized carbons (Fsp3) is 0. The van der Waals surface area contributed by atoms with Gasteiger partial charge in [-0.25, -0.2) is 0 Å². The Morgan fingerprint density at radius 3 is 1.20 bits per heavy atom. The maximum atomic E-state index is 2.04. The SMILES string of the molecule is [AlH3].[Cr].[Nb].[Zr][Mo]. The second-order valence-electron chi connectivity index (χ2n) is 0. The van der Waals surface area contributed by atoms with Gasteiger partial charge in [0.15, 0.2) is 17.4 Å². The third-order valence-electron chi connectivity index (χ3n) is 0. The first-order valence-corrected chi connectivity index (χ1v) is 7.14. The molecule has 0 aromatic rings. The van der Waals surface area contributed by atoms with Crippen molar-refractivity contribution in [2.75, 3.05) is 0 Å². The van der Waals surface area contributed by atoms with Crippen LogP contribution in [0.1, 0.15) is 0 Å². The van der Waals surface area contributed by atoms with E-state index in [2.05, 4.69) is 0 Å². The molecule has 0 N–H and O–H groups in total. The summed E-state index contributed by atoms with van der Waals surface area (Å²) in [5, 5.41) is 0. The molecule has 0 aromatic carbocycles. The molecule has 0 spiro atoms. The van der Waals surface area contributed by atoms with E-state index in [-0.39, 0.29) is 57.1 Å². The van der Waals surface area contributed by atoms with Crippen molar-refractivity contribution < 1.29 is 76.6 Å². The zero-order valence-corrected chi connectivity index (χ0v) is 9.70. The first-order valence-electron chi connectivity index (χ1n) is 0.204. The molecular formula is H3AlCrMoNbZr. The third kappa shape index (κ3) is 18.7. The van der Waals surface area contributed by atoms with Crippen LogP contribution in [0.2, 0.25) is 0 Å². The Hall–Kier alpha value is 3.38. The zero-order chi connectivity index (χ0) is 2.00. The van der Waals surface area contributed by atoms with Crippen LogP contribution < -0.4 is 0 Å². The van der Waals surface area contributed by atoms with Gasteiger partial charge in [-0.1, -0.05) is 0 Å². The quantitative estimate of drug-likeness (QED) is 0.476. The fourth-order valence-corrected chi connectivity index (χ4v) is 0. The molecule has 0 saturated heterocycles. The van der Waals surface area contributed by atoms with Crippen molar-refractivity contribution in [2.24, 2.45) is 0 Å². The Kier molecular flexibility index (Phi) is 125. The summed E-state index contributed by atoms with van der Waals surface area (Å²) >= 11 is 3.60. The molecular weight excluding hydrogens is 359 g/mol. The molecule has 0 aliphatic heterocycles. The van der Waals surface area contributed by atoms with Gasteiger partial charge in [0.2, 0.25) is 0 Å². The van der Waals surface area contributed by atoms with E-state index < -0.39 is 0 Å². The van der Waals surface area contributed by atoms with Crippen molar-refractivity contribution >= 4 is 17.4 Å². The Labute approximate surface area is 92.0 Å². The summed E-state index contributed by atoms with van der Waals surface area (Å²) in [4.78, 5) is 0. The average molecular weight is 362 g/mol. The molecule has 0 aliphatic carbocycles. The second-order valence-corrected chi connectivity index (χ2v) is 0. The van der Waals surface area contributed by atoms with Crippen molar-refractivity contribution in [3.05, 3.63) is 0 Å². The molecule has 5 heavy (non-hydrogen) atoms. The molecule has 0 aliphatic rings. The van der Waals surface area contributed by atoms with E-state index in [4.69, 9.17) is 0 Å². The van der Waals surface area contributed by atoms with Gasteiger partial charge in [0.25, 0.3) is 0 Å². The predicted octanol–water partition coefficient (Wildman–Crippen LogP) is -1.19. The van der Waals surface area contributed by atoms with Crippen LogP contribution in [0.25, 0.3) is 0 Å². The molecule has 0 nitrogen and oxygen atoms in total. The standard InChI is InChI=1S/Al.Cr.Mo.Nb.Zr.3H. The van der Waals surface area contributed by atoms with Gasteiger partial charge in [-0.3, -0.25) is 0 Å². The monoisotopic (exact) mass is 363 g/mol. The summed E-state index contributed by atoms with van der Waals surface area (Å²) in [5.41, 5.74) is 0. The van der Waals surface area contributed by atoms with Crippen LogP contribution >= 0.6 is 0 Å². The Balaban J connectivity index is -0.00000000167. The van der Waals surface area contributed by atoms with Gasteiger partial charge < -0.3 is 0 Å². The summed E-state index contributed by atoms with van der Waals surface area (Å²) in [5.74, 6) is 0. The second kappa shape index (κ2) is 26.3. The van der Waals surface area contributed by atoms with E-state index in [0.29, 0.717) is 0 Å². The Morgan fingerprint density at radius 1 is 1.20 bits per heavy atom. The van der Waals surface area contributed by atoms with E-state index in [1.807, 2.05) is 15.6 Å². The van der Waals surface area contributed by atoms with E-state index in [1.165, 1.54) is 0 Å². The van der Waals surface area contributed by atoms with Crippen LogP contribution in [-0.2, 0) is 76.6 Å². The van der Waals surface area contributed by atoms with Gasteiger partial charge >= 0.3 is 36.9 Å². The molecule has 1 radical (unpaired) electrons. The summed E-state index contributed by atoms with van der Waals surface area (Å²) in [6.45, 7) is 0.